The van der Waals surface area contributed by atoms with Crippen molar-refractivity contribution < 1.29 is 38.2 Å². The molecule has 0 aliphatic rings. The largest absolute Gasteiger partial charge is 0.477 e. The van der Waals surface area contributed by atoms with E-state index in [2.05, 4.69) is 98.9 Å². The van der Waals surface area contributed by atoms with E-state index >= 15 is 0 Å². The van der Waals surface area contributed by atoms with Gasteiger partial charge in [0.05, 0.1) is 34.4 Å². The predicted octanol–water partition coefficient (Wildman–Crippen LogP) is 12.9. The fraction of sp³-hybridized carbons (Fsp3) is 0.667. The number of esters is 2. The summed E-state index contributed by atoms with van der Waals surface area (Å²) in [6.07, 6.45) is 53.5. The van der Waals surface area contributed by atoms with Crippen LogP contribution < -0.4 is 0 Å². The molecule has 0 fully saturated rings. The number of nitrogens with zero attached hydrogens (tertiary/aromatic N) is 1. The van der Waals surface area contributed by atoms with Gasteiger partial charge >= 0.3 is 17.9 Å². The Morgan fingerprint density at radius 1 is 0.508 bits per heavy atom. The number of unbranched alkanes of at least 4 members (excludes halogenated alkanes) is 12. The number of carboxylic acid groups (broad SMARTS) is 1. The third-order valence-electron chi connectivity index (χ3n) is 9.79. The minimum atomic E-state index is -0.885. The van der Waals surface area contributed by atoms with Crippen LogP contribution >= 0.6 is 0 Å². The van der Waals surface area contributed by atoms with Gasteiger partial charge in [-0.3, -0.25) is 9.59 Å². The summed E-state index contributed by atoms with van der Waals surface area (Å²) in [4.78, 5) is 37.0. The summed E-state index contributed by atoms with van der Waals surface area (Å²) < 4.78 is 17.2. The molecule has 0 rings (SSSR count). The third-order valence-corrected chi connectivity index (χ3v) is 9.79. The van der Waals surface area contributed by atoms with Crippen LogP contribution in [0.4, 0.5) is 0 Å². The third kappa shape index (κ3) is 39.7. The van der Waals surface area contributed by atoms with Crippen molar-refractivity contribution in [3.05, 3.63) is 85.1 Å². The van der Waals surface area contributed by atoms with Crippen molar-refractivity contribution in [1.82, 2.24) is 0 Å². The molecule has 0 aliphatic carbocycles. The number of likely N-dealkylation sites (N-methyl/N-ethyl adjacent to an activating group) is 1. The maximum Gasteiger partial charge on any atom is 0.362 e. The van der Waals surface area contributed by atoms with Crippen molar-refractivity contribution in [1.29, 1.82) is 0 Å². The quantitative estimate of drug-likeness (QED) is 0.0284. The van der Waals surface area contributed by atoms with Crippen LogP contribution in [0.15, 0.2) is 85.1 Å². The summed E-state index contributed by atoms with van der Waals surface area (Å²) in [5.74, 6) is -1.53. The number of allylic oxidation sites excluding steroid dienone is 14. The van der Waals surface area contributed by atoms with Gasteiger partial charge in [0, 0.05) is 19.3 Å². The highest BCUT2D eigenvalue weighted by Crippen LogP contribution is 2.14. The highest BCUT2D eigenvalue weighted by atomic mass is 16.6. The van der Waals surface area contributed by atoms with Crippen LogP contribution in [0.2, 0.25) is 0 Å². The molecule has 0 saturated carbocycles. The number of carbonyl (C=O) groups excluding carboxylic acids is 2. The summed E-state index contributed by atoms with van der Waals surface area (Å²) in [5.41, 5.74) is 0. The molecule has 0 spiro atoms. The molecular weight excluding hydrogens is 739 g/mol. The lowest BCUT2D eigenvalue weighted by atomic mass is 10.1. The predicted molar refractivity (Wildman–Crippen MR) is 247 cm³/mol. The number of quaternary nitrogens is 1. The first kappa shape index (κ1) is 55.5. The van der Waals surface area contributed by atoms with Gasteiger partial charge in [0.15, 0.2) is 12.1 Å². The molecule has 0 amide bonds. The van der Waals surface area contributed by atoms with Crippen LogP contribution in [-0.4, -0.2) is 80.6 Å². The molecule has 2 unspecified atom stereocenters. The van der Waals surface area contributed by atoms with E-state index in [-0.39, 0.29) is 42.7 Å². The van der Waals surface area contributed by atoms with Crippen LogP contribution in [0.3, 0.4) is 0 Å². The van der Waals surface area contributed by atoms with Crippen molar-refractivity contribution in [3.8, 4) is 0 Å². The van der Waals surface area contributed by atoms with E-state index in [1.807, 2.05) is 21.1 Å². The van der Waals surface area contributed by atoms with Gasteiger partial charge in [-0.1, -0.05) is 150 Å². The second-order valence-electron chi connectivity index (χ2n) is 16.2. The topological polar surface area (TPSA) is 99.1 Å². The average molecular weight is 825 g/mol. The molecular formula is C51H86NO7+. The number of aliphatic carboxylic acids is 1. The Hall–Kier alpha value is -3.49. The van der Waals surface area contributed by atoms with Gasteiger partial charge in [-0.25, -0.2) is 4.79 Å². The molecule has 0 bridgehead atoms. The smallest absolute Gasteiger partial charge is 0.362 e. The van der Waals surface area contributed by atoms with Gasteiger partial charge in [-0.15, -0.1) is 0 Å². The van der Waals surface area contributed by atoms with Crippen molar-refractivity contribution in [2.45, 2.75) is 180 Å². The normalized spacial score (nSPS) is 13.7. The zero-order valence-corrected chi connectivity index (χ0v) is 38.2. The standard InChI is InChI=1S/C51H85NO7/c1-6-8-10-12-14-16-18-20-21-22-23-24-25-26-27-28-29-30-32-33-35-37-39-41-49(53)58-46-47(45-57-44-43-48(51(55)56)52(3,4)5)59-50(54)42-40-38-36-34-31-19-17-15-13-11-9-7-2/h8-11,14-17,20-21,23-24,31,34,47-48H,6-7,12-13,18-19,22,25-30,32-33,35-46H2,1-5H3/p+1/b10-8+,11-9+,16-14+,17-15+,21-20+,24-23+,34-31+. The Kier molecular flexibility index (Phi) is 38.8. The SMILES string of the molecule is CC/C=C/C/C=C/C/C=C/C/C=C/CCCCCCCCCCCCC(=O)OCC(COCCC(C(=O)O)[N+](C)(C)C)OC(=O)CCCC/C=C/C/C=C/C/C=C/CC. The Labute approximate surface area is 361 Å². The number of hydrogen-bond donors (Lipinski definition) is 1. The molecule has 1 N–H and O–H groups in total. The van der Waals surface area contributed by atoms with Crippen LogP contribution in [0.1, 0.15) is 168 Å². The Balaban J connectivity index is 4.27. The van der Waals surface area contributed by atoms with Gasteiger partial charge in [-0.05, 0) is 83.5 Å². The molecule has 2 atom stereocenters. The average Bonchev–Trinajstić information content (AvgIpc) is 3.19. The first-order valence-electron chi connectivity index (χ1n) is 23.1. The van der Waals surface area contributed by atoms with Crippen molar-refractivity contribution in [2.24, 2.45) is 0 Å². The van der Waals surface area contributed by atoms with E-state index in [0.717, 1.165) is 77.0 Å². The van der Waals surface area contributed by atoms with Crippen LogP contribution in [0, 0.1) is 0 Å². The summed E-state index contributed by atoms with van der Waals surface area (Å²) in [7, 11) is 5.50. The molecule has 8 heteroatoms. The highest BCUT2D eigenvalue weighted by molar-refractivity contribution is 5.72. The van der Waals surface area contributed by atoms with Crippen molar-refractivity contribution >= 4 is 17.9 Å². The van der Waals surface area contributed by atoms with E-state index in [0.29, 0.717) is 19.3 Å². The van der Waals surface area contributed by atoms with Gasteiger partial charge in [0.2, 0.25) is 0 Å². The minimum absolute atomic E-state index is 0.0400. The number of carboxylic acids is 1. The minimum Gasteiger partial charge on any atom is -0.477 e. The fourth-order valence-corrected chi connectivity index (χ4v) is 6.27. The summed E-state index contributed by atoms with van der Waals surface area (Å²) in [5, 5.41) is 9.62. The molecule has 0 aromatic carbocycles. The van der Waals surface area contributed by atoms with Gasteiger partial charge < -0.3 is 23.8 Å². The summed E-state index contributed by atoms with van der Waals surface area (Å²) in [6.45, 7) is 4.45. The first-order valence-corrected chi connectivity index (χ1v) is 23.1. The molecule has 0 aliphatic heterocycles. The maximum absolute atomic E-state index is 12.7. The lowest BCUT2D eigenvalue weighted by Crippen LogP contribution is -2.50. The van der Waals surface area contributed by atoms with Crippen molar-refractivity contribution in [3.63, 3.8) is 0 Å². The van der Waals surface area contributed by atoms with E-state index in [1.165, 1.54) is 51.4 Å². The Morgan fingerprint density at radius 2 is 0.898 bits per heavy atom. The van der Waals surface area contributed by atoms with E-state index in [9.17, 15) is 19.5 Å². The molecule has 8 nitrogen and oxygen atoms in total. The molecule has 59 heavy (non-hydrogen) atoms. The molecule has 0 saturated heterocycles. The van der Waals surface area contributed by atoms with Crippen LogP contribution in [0.25, 0.3) is 0 Å². The number of ether oxygens (including phenoxy) is 3. The molecule has 336 valence electrons. The molecule has 0 aromatic rings. The zero-order chi connectivity index (χ0) is 43.5. The summed E-state index contributed by atoms with van der Waals surface area (Å²) in [6, 6.07) is -0.626. The highest BCUT2D eigenvalue weighted by Gasteiger charge is 2.31. The number of carbonyl (C=O) groups is 3. The molecule has 0 radical (unpaired) electrons. The van der Waals surface area contributed by atoms with Crippen LogP contribution in [-0.2, 0) is 28.6 Å². The van der Waals surface area contributed by atoms with E-state index < -0.39 is 18.1 Å². The number of rotatable bonds is 40. The molecule has 0 aromatic heterocycles. The van der Waals surface area contributed by atoms with Gasteiger partial charge in [0.1, 0.15) is 6.61 Å². The van der Waals surface area contributed by atoms with Gasteiger partial charge in [0.25, 0.3) is 0 Å². The Bertz CT molecular complexity index is 1240. The lowest BCUT2D eigenvalue weighted by Gasteiger charge is -2.31. The monoisotopic (exact) mass is 825 g/mol. The summed E-state index contributed by atoms with van der Waals surface area (Å²) >= 11 is 0. The van der Waals surface area contributed by atoms with Gasteiger partial charge in [-0.2, -0.15) is 0 Å². The van der Waals surface area contributed by atoms with Crippen LogP contribution in [0.5, 0.6) is 0 Å². The van der Waals surface area contributed by atoms with E-state index in [1.54, 1.807) is 0 Å². The maximum atomic E-state index is 12.7. The fourth-order valence-electron chi connectivity index (χ4n) is 6.27. The lowest BCUT2D eigenvalue weighted by molar-refractivity contribution is -0.887. The first-order chi connectivity index (χ1) is 28.6. The second kappa shape index (κ2) is 41.3. The Morgan fingerprint density at radius 3 is 1.36 bits per heavy atom. The van der Waals surface area contributed by atoms with E-state index in [4.69, 9.17) is 14.2 Å². The molecule has 0 heterocycles. The second-order valence-corrected chi connectivity index (χ2v) is 16.2. The number of hydrogen-bond acceptors (Lipinski definition) is 6. The zero-order valence-electron chi connectivity index (χ0n) is 38.2. The van der Waals surface area contributed by atoms with Crippen molar-refractivity contribution in [2.75, 3.05) is 41.0 Å².